The summed E-state index contributed by atoms with van der Waals surface area (Å²) in [6.45, 7) is 2.64. The van der Waals surface area contributed by atoms with Gasteiger partial charge in [0.05, 0.1) is 0 Å². The van der Waals surface area contributed by atoms with Crippen molar-refractivity contribution in [1.29, 1.82) is 0 Å². The molecule has 1 radical (unpaired) electrons. The van der Waals surface area contributed by atoms with Gasteiger partial charge in [-0.25, -0.2) is 0 Å². The summed E-state index contributed by atoms with van der Waals surface area (Å²) in [5.74, 6) is -7.47. The van der Waals surface area contributed by atoms with Crippen LogP contribution in [0.1, 0.15) is 6.42 Å². The molecule has 0 aromatic rings. The summed E-state index contributed by atoms with van der Waals surface area (Å²) in [4.78, 5) is 9.95. The van der Waals surface area contributed by atoms with Crippen molar-refractivity contribution in [1.82, 2.24) is 0 Å². The molecule has 0 heterocycles. The molecular formula is C5H4F5O. The predicted molar refractivity (Wildman–Crippen MR) is 26.0 cm³/mol. The Kier molecular flexibility index (Phi) is 2.58. The molecule has 0 aliphatic rings. The van der Waals surface area contributed by atoms with Crippen molar-refractivity contribution in [3.63, 3.8) is 0 Å². The van der Waals surface area contributed by atoms with E-state index in [9.17, 15) is 26.7 Å². The second-order valence-electron chi connectivity index (χ2n) is 1.75. The normalized spacial score (nSPS) is 13.3. The van der Waals surface area contributed by atoms with Crippen LogP contribution in [0.4, 0.5) is 22.0 Å². The summed E-state index contributed by atoms with van der Waals surface area (Å²) in [5, 5.41) is 0. The molecule has 0 atom stereocenters. The summed E-state index contributed by atoms with van der Waals surface area (Å²) in [6, 6.07) is 0. The van der Waals surface area contributed by atoms with Crippen LogP contribution in [0.3, 0.4) is 0 Å². The summed E-state index contributed by atoms with van der Waals surface area (Å²) in [6.07, 6.45) is -6.88. The van der Waals surface area contributed by atoms with Gasteiger partial charge in [0.25, 0.3) is 0 Å². The van der Waals surface area contributed by atoms with Crippen molar-refractivity contribution < 1.29 is 26.7 Å². The molecule has 0 spiro atoms. The van der Waals surface area contributed by atoms with Crippen LogP contribution in [0.15, 0.2) is 0 Å². The van der Waals surface area contributed by atoms with Gasteiger partial charge in [-0.1, -0.05) is 0 Å². The largest absolute Gasteiger partial charge is 0.461 e. The van der Waals surface area contributed by atoms with E-state index >= 15 is 0 Å². The Labute approximate surface area is 59.2 Å². The number of hydrogen-bond donors (Lipinski definition) is 0. The zero-order valence-electron chi connectivity index (χ0n) is 5.21. The number of hydrogen-bond acceptors (Lipinski definition) is 1. The maximum absolute atomic E-state index is 11.8. The molecule has 0 aromatic carbocycles. The highest BCUT2D eigenvalue weighted by Crippen LogP contribution is 2.36. The molecular weight excluding hydrogens is 171 g/mol. The lowest BCUT2D eigenvalue weighted by atomic mass is 10.2. The molecule has 0 rings (SSSR count). The maximum Gasteiger partial charge on any atom is 0.461 e. The summed E-state index contributed by atoms with van der Waals surface area (Å²) >= 11 is 0. The van der Waals surface area contributed by atoms with Gasteiger partial charge in [0.15, 0.2) is 0 Å². The van der Waals surface area contributed by atoms with Crippen LogP contribution in [0, 0.1) is 6.92 Å². The van der Waals surface area contributed by atoms with Gasteiger partial charge in [-0.05, 0) is 6.92 Å². The maximum atomic E-state index is 11.8. The van der Waals surface area contributed by atoms with E-state index in [-0.39, 0.29) is 0 Å². The fourth-order valence-electron chi connectivity index (χ4n) is 0.315. The fraction of sp³-hybridized carbons (Fsp3) is 0.600. The van der Waals surface area contributed by atoms with E-state index in [0.29, 0.717) is 0 Å². The van der Waals surface area contributed by atoms with Gasteiger partial charge in [-0.3, -0.25) is 4.79 Å². The zero-order valence-corrected chi connectivity index (χ0v) is 5.21. The van der Waals surface area contributed by atoms with Gasteiger partial charge in [0, 0.05) is 6.42 Å². The SMILES string of the molecule is [CH2]CC(=O)C(F)(F)C(F)(F)F. The Morgan fingerprint density at radius 3 is 1.64 bits per heavy atom. The second kappa shape index (κ2) is 2.75. The van der Waals surface area contributed by atoms with Crippen molar-refractivity contribution >= 4 is 5.78 Å². The first-order chi connectivity index (χ1) is 4.73. The fourth-order valence-corrected chi connectivity index (χ4v) is 0.315. The van der Waals surface area contributed by atoms with Gasteiger partial charge < -0.3 is 0 Å². The second-order valence-corrected chi connectivity index (χ2v) is 1.75. The summed E-state index contributed by atoms with van der Waals surface area (Å²) < 4.78 is 57.4. The molecule has 0 bridgehead atoms. The molecule has 6 heteroatoms. The Balaban J connectivity index is 4.59. The van der Waals surface area contributed by atoms with Gasteiger partial charge in [0.2, 0.25) is 5.78 Å². The van der Waals surface area contributed by atoms with Crippen LogP contribution in [0.25, 0.3) is 0 Å². The van der Waals surface area contributed by atoms with E-state index in [2.05, 4.69) is 6.92 Å². The van der Waals surface area contributed by atoms with Gasteiger partial charge in [0.1, 0.15) is 0 Å². The van der Waals surface area contributed by atoms with E-state index in [1.54, 1.807) is 0 Å². The minimum atomic E-state index is -5.80. The average molecular weight is 175 g/mol. The Hall–Kier alpha value is -0.680. The molecule has 0 fully saturated rings. The third-order valence-electron chi connectivity index (χ3n) is 0.933. The molecule has 0 aliphatic carbocycles. The van der Waals surface area contributed by atoms with Gasteiger partial charge in [-0.15, -0.1) is 0 Å². The molecule has 0 saturated heterocycles. The Morgan fingerprint density at radius 1 is 1.18 bits per heavy atom. The average Bonchev–Trinajstić information content (AvgIpc) is 1.83. The van der Waals surface area contributed by atoms with Crippen molar-refractivity contribution in [2.45, 2.75) is 18.5 Å². The van der Waals surface area contributed by atoms with Gasteiger partial charge >= 0.3 is 12.1 Å². The van der Waals surface area contributed by atoms with E-state index in [0.717, 1.165) is 0 Å². The lowest BCUT2D eigenvalue weighted by Crippen LogP contribution is -2.43. The van der Waals surface area contributed by atoms with Crippen LogP contribution in [0.5, 0.6) is 0 Å². The first kappa shape index (κ1) is 10.3. The van der Waals surface area contributed by atoms with Crippen LogP contribution in [-0.4, -0.2) is 17.9 Å². The summed E-state index contributed by atoms with van der Waals surface area (Å²) in [7, 11) is 0. The lowest BCUT2D eigenvalue weighted by Gasteiger charge is -2.16. The number of halogens is 5. The molecule has 0 aliphatic heterocycles. The third-order valence-corrected chi connectivity index (χ3v) is 0.933. The van der Waals surface area contributed by atoms with Crippen molar-refractivity contribution in [3.8, 4) is 0 Å². The molecule has 1 nitrogen and oxygen atoms in total. The molecule has 0 N–H and O–H groups in total. The van der Waals surface area contributed by atoms with Crippen molar-refractivity contribution in [2.24, 2.45) is 0 Å². The van der Waals surface area contributed by atoms with Crippen LogP contribution >= 0.6 is 0 Å². The van der Waals surface area contributed by atoms with Crippen LogP contribution < -0.4 is 0 Å². The third kappa shape index (κ3) is 1.87. The number of Topliss-reactive ketones (excluding diaryl/α,β-unsaturated/α-hetero) is 1. The predicted octanol–water partition coefficient (Wildman–Crippen LogP) is 1.98. The number of alkyl halides is 5. The minimum absolute atomic E-state index is 1.08. The number of carbonyl (C=O) groups excluding carboxylic acids is 1. The van der Waals surface area contributed by atoms with E-state index in [4.69, 9.17) is 0 Å². The van der Waals surface area contributed by atoms with Gasteiger partial charge in [-0.2, -0.15) is 22.0 Å². The first-order valence-corrected chi connectivity index (χ1v) is 2.50. The highest BCUT2D eigenvalue weighted by Gasteiger charge is 2.62. The lowest BCUT2D eigenvalue weighted by molar-refractivity contribution is -0.268. The molecule has 0 unspecified atom stereocenters. The smallest absolute Gasteiger partial charge is 0.293 e. The zero-order chi connectivity index (χ0) is 9.28. The number of carbonyl (C=O) groups is 1. The van der Waals surface area contributed by atoms with E-state index in [1.807, 2.05) is 0 Å². The van der Waals surface area contributed by atoms with E-state index < -0.39 is 24.3 Å². The highest BCUT2D eigenvalue weighted by atomic mass is 19.4. The molecule has 11 heavy (non-hydrogen) atoms. The molecule has 0 saturated carbocycles. The first-order valence-electron chi connectivity index (χ1n) is 2.50. The number of rotatable bonds is 2. The monoisotopic (exact) mass is 175 g/mol. The Morgan fingerprint density at radius 2 is 1.55 bits per heavy atom. The minimum Gasteiger partial charge on any atom is -0.293 e. The standard InChI is InChI=1S/C5H4F5O/c1-2-3(11)4(6,7)5(8,9)10/h1-2H2. The van der Waals surface area contributed by atoms with Crippen LogP contribution in [-0.2, 0) is 4.79 Å². The van der Waals surface area contributed by atoms with E-state index in [1.165, 1.54) is 0 Å². The highest BCUT2D eigenvalue weighted by molar-refractivity contribution is 5.86. The molecule has 65 valence electrons. The summed E-state index contributed by atoms with van der Waals surface area (Å²) in [5.41, 5.74) is 0. The quantitative estimate of drug-likeness (QED) is 0.586. The van der Waals surface area contributed by atoms with Crippen LogP contribution in [0.2, 0.25) is 0 Å². The molecule has 0 aromatic heterocycles. The molecule has 0 amide bonds. The topological polar surface area (TPSA) is 17.1 Å². The number of ketones is 1. The Bertz CT molecular complexity index is 159. The van der Waals surface area contributed by atoms with Crippen molar-refractivity contribution in [3.05, 3.63) is 6.92 Å². The van der Waals surface area contributed by atoms with Crippen molar-refractivity contribution in [2.75, 3.05) is 0 Å².